The highest BCUT2D eigenvalue weighted by Gasteiger charge is 2.19. The zero-order chi connectivity index (χ0) is 17.7. The van der Waals surface area contributed by atoms with Gasteiger partial charge in [0, 0.05) is 11.6 Å². The summed E-state index contributed by atoms with van der Waals surface area (Å²) in [5.74, 6) is 0.799. The second-order valence-electron chi connectivity index (χ2n) is 5.92. The van der Waals surface area contributed by atoms with Gasteiger partial charge in [0.1, 0.15) is 11.6 Å². The van der Waals surface area contributed by atoms with Crippen LogP contribution in [0.4, 0.5) is 4.39 Å². The molecule has 0 spiro atoms. The first-order chi connectivity index (χ1) is 11.5. The van der Waals surface area contributed by atoms with Crippen LogP contribution in [0.2, 0.25) is 0 Å². The molecular weight excluding hydrogens is 301 g/mol. The van der Waals surface area contributed by atoms with E-state index < -0.39 is 0 Å². The van der Waals surface area contributed by atoms with Crippen LogP contribution in [-0.2, 0) is 6.42 Å². The van der Waals surface area contributed by atoms with Crippen molar-refractivity contribution in [1.82, 2.24) is 0 Å². The first-order valence-corrected chi connectivity index (χ1v) is 8.09. The third-order valence-corrected chi connectivity index (χ3v) is 4.09. The molecule has 0 aromatic heterocycles. The van der Waals surface area contributed by atoms with Gasteiger partial charge >= 0.3 is 0 Å². The number of aryl methyl sites for hydroxylation is 1. The Bertz CT molecular complexity index is 783. The molecule has 0 aliphatic heterocycles. The van der Waals surface area contributed by atoms with Gasteiger partial charge in [-0.15, -0.1) is 0 Å². The van der Waals surface area contributed by atoms with Gasteiger partial charge < -0.3 is 4.74 Å². The van der Waals surface area contributed by atoms with Crippen molar-refractivity contribution in [2.45, 2.75) is 33.1 Å². The highest BCUT2D eigenvalue weighted by molar-refractivity contribution is 5.84. The van der Waals surface area contributed by atoms with E-state index in [-0.39, 0.29) is 5.82 Å². The number of rotatable bonds is 5. The van der Waals surface area contributed by atoms with Crippen LogP contribution in [0, 0.1) is 17.1 Å². The Kier molecular flexibility index (Phi) is 5.76. The Morgan fingerprint density at radius 3 is 2.42 bits per heavy atom. The molecule has 0 fully saturated rings. The van der Waals surface area contributed by atoms with Crippen molar-refractivity contribution in [2.24, 2.45) is 0 Å². The van der Waals surface area contributed by atoms with Crippen LogP contribution in [0.5, 0.6) is 5.75 Å². The number of ether oxygens (including phenoxy) is 1. The molecule has 0 unspecified atom stereocenters. The maximum Gasteiger partial charge on any atom is 0.130 e. The molecule has 2 rings (SSSR count). The SMILES string of the molecule is CCc1cc(C(C)C)c(/C=C/C#N)c(-c2ccc(F)cc2)c1OC. The highest BCUT2D eigenvalue weighted by Crippen LogP contribution is 2.41. The van der Waals surface area contributed by atoms with Gasteiger partial charge in [0.2, 0.25) is 0 Å². The van der Waals surface area contributed by atoms with E-state index in [1.54, 1.807) is 19.2 Å². The molecule has 2 aromatic rings. The average Bonchev–Trinajstić information content (AvgIpc) is 2.59. The monoisotopic (exact) mass is 323 g/mol. The molecule has 24 heavy (non-hydrogen) atoms. The van der Waals surface area contributed by atoms with E-state index in [4.69, 9.17) is 10.00 Å². The molecule has 3 heteroatoms. The Balaban J connectivity index is 2.89. The standard InChI is InChI=1S/C21H22FNO/c1-5-15-13-19(14(2)3)18(7-6-12-23)20(21(15)24-4)16-8-10-17(22)11-9-16/h6-11,13-14H,5H2,1-4H3/b7-6+. The fourth-order valence-corrected chi connectivity index (χ4v) is 2.93. The van der Waals surface area contributed by atoms with Crippen molar-refractivity contribution in [3.05, 3.63) is 58.9 Å². The van der Waals surface area contributed by atoms with Gasteiger partial charge in [-0.25, -0.2) is 4.39 Å². The van der Waals surface area contributed by atoms with Crippen LogP contribution < -0.4 is 4.74 Å². The first-order valence-electron chi connectivity index (χ1n) is 8.09. The maximum atomic E-state index is 13.4. The largest absolute Gasteiger partial charge is 0.496 e. The second-order valence-corrected chi connectivity index (χ2v) is 5.92. The summed E-state index contributed by atoms with van der Waals surface area (Å²) in [6, 6.07) is 10.6. The molecule has 0 N–H and O–H groups in total. The second kappa shape index (κ2) is 7.79. The Morgan fingerprint density at radius 2 is 1.92 bits per heavy atom. The first kappa shape index (κ1) is 17.7. The summed E-state index contributed by atoms with van der Waals surface area (Å²) >= 11 is 0. The molecule has 0 radical (unpaired) electrons. The van der Waals surface area contributed by atoms with E-state index in [1.807, 2.05) is 6.08 Å². The van der Waals surface area contributed by atoms with Crippen molar-refractivity contribution in [1.29, 1.82) is 5.26 Å². The van der Waals surface area contributed by atoms with E-state index in [0.29, 0.717) is 5.92 Å². The van der Waals surface area contributed by atoms with Gasteiger partial charge in [-0.2, -0.15) is 5.26 Å². The number of nitrogens with zero attached hydrogens (tertiary/aromatic N) is 1. The van der Waals surface area contributed by atoms with Crippen LogP contribution >= 0.6 is 0 Å². The van der Waals surface area contributed by atoms with Crippen molar-refractivity contribution in [2.75, 3.05) is 7.11 Å². The zero-order valence-corrected chi connectivity index (χ0v) is 14.6. The molecule has 2 aromatic carbocycles. The number of allylic oxidation sites excluding steroid dienone is 1. The van der Waals surface area contributed by atoms with Gasteiger partial charge in [0.25, 0.3) is 0 Å². The number of benzene rings is 2. The minimum absolute atomic E-state index is 0.275. The predicted molar refractivity (Wildman–Crippen MR) is 96.5 cm³/mol. The summed E-state index contributed by atoms with van der Waals surface area (Å²) in [7, 11) is 1.65. The number of halogens is 1. The maximum absolute atomic E-state index is 13.4. The molecule has 0 saturated heterocycles. The summed E-state index contributed by atoms with van der Waals surface area (Å²) in [5.41, 5.74) is 5.00. The molecule has 0 aliphatic carbocycles. The molecule has 0 amide bonds. The van der Waals surface area contributed by atoms with Crippen LogP contribution in [0.25, 0.3) is 17.2 Å². The van der Waals surface area contributed by atoms with Crippen molar-refractivity contribution >= 4 is 6.08 Å². The molecule has 124 valence electrons. The normalized spacial score (nSPS) is 11.0. The van der Waals surface area contributed by atoms with E-state index in [2.05, 4.69) is 32.9 Å². The quantitative estimate of drug-likeness (QED) is 0.659. The molecule has 0 heterocycles. The van der Waals surface area contributed by atoms with Crippen molar-refractivity contribution in [3.8, 4) is 22.9 Å². The van der Waals surface area contributed by atoms with E-state index in [9.17, 15) is 4.39 Å². The van der Waals surface area contributed by atoms with Gasteiger partial charge in [0.15, 0.2) is 0 Å². The molecule has 0 saturated carbocycles. The van der Waals surface area contributed by atoms with E-state index in [0.717, 1.165) is 40.0 Å². The Morgan fingerprint density at radius 1 is 1.25 bits per heavy atom. The minimum atomic E-state index is -0.275. The van der Waals surface area contributed by atoms with Crippen molar-refractivity contribution < 1.29 is 9.13 Å². The third-order valence-electron chi connectivity index (χ3n) is 4.09. The smallest absolute Gasteiger partial charge is 0.130 e. The third kappa shape index (κ3) is 3.49. The van der Waals surface area contributed by atoms with E-state index >= 15 is 0 Å². The van der Waals surface area contributed by atoms with Gasteiger partial charge in [0.05, 0.1) is 13.2 Å². The number of hydrogen-bond donors (Lipinski definition) is 0. The summed E-state index contributed by atoms with van der Waals surface area (Å²) < 4.78 is 19.0. The zero-order valence-electron chi connectivity index (χ0n) is 14.6. The van der Waals surface area contributed by atoms with Crippen LogP contribution in [0.1, 0.15) is 43.4 Å². The number of methoxy groups -OCH3 is 1. The fourth-order valence-electron chi connectivity index (χ4n) is 2.93. The van der Waals surface area contributed by atoms with E-state index in [1.165, 1.54) is 18.2 Å². The van der Waals surface area contributed by atoms with Crippen LogP contribution in [0.3, 0.4) is 0 Å². The highest BCUT2D eigenvalue weighted by atomic mass is 19.1. The van der Waals surface area contributed by atoms with Crippen molar-refractivity contribution in [3.63, 3.8) is 0 Å². The number of hydrogen-bond acceptors (Lipinski definition) is 2. The minimum Gasteiger partial charge on any atom is -0.496 e. The summed E-state index contributed by atoms with van der Waals surface area (Å²) in [5, 5.41) is 8.96. The molecule has 0 atom stereocenters. The van der Waals surface area contributed by atoms with Crippen LogP contribution in [0.15, 0.2) is 36.4 Å². The fraction of sp³-hybridized carbons (Fsp3) is 0.286. The molecule has 2 nitrogen and oxygen atoms in total. The lowest BCUT2D eigenvalue weighted by atomic mass is 9.86. The number of nitriles is 1. The molecule has 0 bridgehead atoms. The molecular formula is C21H22FNO. The average molecular weight is 323 g/mol. The summed E-state index contributed by atoms with van der Waals surface area (Å²) in [6.45, 7) is 6.33. The Labute approximate surface area is 143 Å². The predicted octanol–water partition coefficient (Wildman–Crippen LogP) is 5.72. The summed E-state index contributed by atoms with van der Waals surface area (Å²) in [6.07, 6.45) is 4.12. The molecule has 0 aliphatic rings. The summed E-state index contributed by atoms with van der Waals surface area (Å²) in [4.78, 5) is 0. The van der Waals surface area contributed by atoms with Crippen LogP contribution in [-0.4, -0.2) is 7.11 Å². The van der Waals surface area contributed by atoms with Gasteiger partial charge in [-0.3, -0.25) is 0 Å². The van der Waals surface area contributed by atoms with Gasteiger partial charge in [-0.05, 0) is 52.8 Å². The van der Waals surface area contributed by atoms with Gasteiger partial charge in [-0.1, -0.05) is 39.0 Å². The lowest BCUT2D eigenvalue weighted by Crippen LogP contribution is -2.02. The Hall–Kier alpha value is -2.60. The lowest BCUT2D eigenvalue weighted by molar-refractivity contribution is 0.411. The topological polar surface area (TPSA) is 33.0 Å². The lowest BCUT2D eigenvalue weighted by Gasteiger charge is -2.21.